The van der Waals surface area contributed by atoms with Gasteiger partial charge in [0.05, 0.1) is 10.5 Å². The van der Waals surface area contributed by atoms with Crippen LogP contribution in [0.1, 0.15) is 43.7 Å². The van der Waals surface area contributed by atoms with Crippen molar-refractivity contribution in [3.05, 3.63) is 39.9 Å². The molecule has 1 saturated carbocycles. The summed E-state index contributed by atoms with van der Waals surface area (Å²) in [6.07, 6.45) is 4.82. The van der Waals surface area contributed by atoms with Gasteiger partial charge in [-0.05, 0) is 31.4 Å². The van der Waals surface area contributed by atoms with Crippen LogP contribution >= 0.6 is 12.4 Å². The SMILES string of the molecule is Cl.O=[N+]([O-])c1cccc(C2NCCC3(O)CCCCC23)c1. The number of hydrogen-bond acceptors (Lipinski definition) is 4. The van der Waals surface area contributed by atoms with Crippen LogP contribution in [0, 0.1) is 16.0 Å². The third-order valence-corrected chi connectivity index (χ3v) is 4.83. The zero-order valence-corrected chi connectivity index (χ0v) is 12.6. The van der Waals surface area contributed by atoms with Crippen molar-refractivity contribution in [2.45, 2.75) is 43.7 Å². The van der Waals surface area contributed by atoms with Crippen molar-refractivity contribution in [3.63, 3.8) is 0 Å². The Morgan fingerprint density at radius 2 is 2.14 bits per heavy atom. The number of aliphatic hydroxyl groups is 1. The number of piperidine rings is 1. The van der Waals surface area contributed by atoms with Crippen LogP contribution in [-0.4, -0.2) is 22.2 Å². The molecule has 3 unspecified atom stereocenters. The molecule has 1 heterocycles. The lowest BCUT2D eigenvalue weighted by Gasteiger charge is -2.48. The van der Waals surface area contributed by atoms with E-state index in [0.717, 1.165) is 44.2 Å². The Morgan fingerprint density at radius 1 is 1.33 bits per heavy atom. The van der Waals surface area contributed by atoms with E-state index in [4.69, 9.17) is 0 Å². The molecule has 6 heteroatoms. The second kappa shape index (κ2) is 6.30. The van der Waals surface area contributed by atoms with E-state index in [2.05, 4.69) is 5.32 Å². The normalized spacial score (nSPS) is 31.9. The van der Waals surface area contributed by atoms with Gasteiger partial charge in [0.15, 0.2) is 0 Å². The first kappa shape index (κ1) is 16.2. The Labute approximate surface area is 130 Å². The van der Waals surface area contributed by atoms with Gasteiger partial charge in [-0.25, -0.2) is 0 Å². The zero-order valence-electron chi connectivity index (χ0n) is 11.8. The molecule has 116 valence electrons. The summed E-state index contributed by atoms with van der Waals surface area (Å²) >= 11 is 0. The molecule has 1 saturated heterocycles. The summed E-state index contributed by atoms with van der Waals surface area (Å²) < 4.78 is 0. The average molecular weight is 313 g/mol. The van der Waals surface area contributed by atoms with Crippen LogP contribution in [0.3, 0.4) is 0 Å². The van der Waals surface area contributed by atoms with Crippen molar-refractivity contribution in [3.8, 4) is 0 Å². The Bertz CT molecular complexity index is 521. The average Bonchev–Trinajstić information content (AvgIpc) is 2.46. The highest BCUT2D eigenvalue weighted by Gasteiger charge is 2.45. The molecule has 0 aromatic heterocycles. The van der Waals surface area contributed by atoms with E-state index < -0.39 is 5.60 Å². The van der Waals surface area contributed by atoms with Crippen LogP contribution in [0.2, 0.25) is 0 Å². The Morgan fingerprint density at radius 3 is 2.90 bits per heavy atom. The maximum absolute atomic E-state index is 10.9. The third kappa shape index (κ3) is 3.05. The Kier molecular flexibility index (Phi) is 4.86. The Balaban J connectivity index is 0.00000161. The molecule has 1 aromatic rings. The number of fused-ring (bicyclic) bond motifs is 1. The first-order valence-corrected chi connectivity index (χ1v) is 7.30. The van der Waals surface area contributed by atoms with Gasteiger partial charge in [-0.3, -0.25) is 10.1 Å². The number of benzene rings is 1. The van der Waals surface area contributed by atoms with E-state index in [1.807, 2.05) is 6.07 Å². The lowest BCUT2D eigenvalue weighted by Crippen LogP contribution is -2.53. The molecular formula is C15H21ClN2O3. The lowest BCUT2D eigenvalue weighted by atomic mass is 9.67. The van der Waals surface area contributed by atoms with Gasteiger partial charge in [0, 0.05) is 24.1 Å². The summed E-state index contributed by atoms with van der Waals surface area (Å²) in [7, 11) is 0. The summed E-state index contributed by atoms with van der Waals surface area (Å²) in [5.41, 5.74) is 0.442. The number of nitro groups is 1. The summed E-state index contributed by atoms with van der Waals surface area (Å²) in [4.78, 5) is 10.6. The fraction of sp³-hybridized carbons (Fsp3) is 0.600. The molecule has 3 atom stereocenters. The highest BCUT2D eigenvalue weighted by atomic mass is 35.5. The highest BCUT2D eigenvalue weighted by molar-refractivity contribution is 5.85. The quantitative estimate of drug-likeness (QED) is 0.650. The van der Waals surface area contributed by atoms with E-state index in [1.165, 1.54) is 6.07 Å². The molecule has 2 fully saturated rings. The van der Waals surface area contributed by atoms with Gasteiger partial charge in [0.1, 0.15) is 0 Å². The van der Waals surface area contributed by atoms with Crippen molar-refractivity contribution < 1.29 is 10.0 Å². The van der Waals surface area contributed by atoms with Crippen LogP contribution in [0.4, 0.5) is 5.69 Å². The number of nitrogens with one attached hydrogen (secondary N) is 1. The van der Waals surface area contributed by atoms with Gasteiger partial charge >= 0.3 is 0 Å². The van der Waals surface area contributed by atoms with Crippen LogP contribution in [0.15, 0.2) is 24.3 Å². The highest BCUT2D eigenvalue weighted by Crippen LogP contribution is 2.45. The van der Waals surface area contributed by atoms with Crippen LogP contribution < -0.4 is 5.32 Å². The molecule has 1 aromatic carbocycles. The molecule has 2 N–H and O–H groups in total. The number of rotatable bonds is 2. The number of nitrogens with zero attached hydrogens (tertiary/aromatic N) is 1. The number of nitro benzene ring substituents is 1. The van der Waals surface area contributed by atoms with Gasteiger partial charge in [-0.15, -0.1) is 12.4 Å². The van der Waals surface area contributed by atoms with Crippen molar-refractivity contribution >= 4 is 18.1 Å². The number of non-ortho nitro benzene ring substituents is 1. The maximum Gasteiger partial charge on any atom is 0.269 e. The fourth-order valence-electron chi connectivity index (χ4n) is 3.81. The minimum Gasteiger partial charge on any atom is -0.389 e. The van der Waals surface area contributed by atoms with Crippen LogP contribution in [0.25, 0.3) is 0 Å². The number of halogens is 1. The third-order valence-electron chi connectivity index (χ3n) is 4.83. The molecule has 0 bridgehead atoms. The molecule has 2 aliphatic rings. The molecule has 1 aliphatic heterocycles. The molecule has 0 amide bonds. The first-order valence-electron chi connectivity index (χ1n) is 7.30. The maximum atomic E-state index is 10.9. The van der Waals surface area contributed by atoms with Gasteiger partial charge in [-0.1, -0.05) is 25.0 Å². The Hall–Kier alpha value is -1.17. The molecule has 0 spiro atoms. The van der Waals surface area contributed by atoms with Crippen LogP contribution in [0.5, 0.6) is 0 Å². The molecule has 1 aliphatic carbocycles. The molecule has 5 nitrogen and oxygen atoms in total. The monoisotopic (exact) mass is 312 g/mol. The van der Waals surface area contributed by atoms with Crippen LogP contribution in [-0.2, 0) is 0 Å². The predicted octanol–water partition coefficient (Wildman–Crippen LogP) is 2.97. The minimum absolute atomic E-state index is 0. The molecule has 21 heavy (non-hydrogen) atoms. The second-order valence-electron chi connectivity index (χ2n) is 5.99. The van der Waals surface area contributed by atoms with E-state index >= 15 is 0 Å². The summed E-state index contributed by atoms with van der Waals surface area (Å²) in [6.45, 7) is 0.764. The van der Waals surface area contributed by atoms with Crippen molar-refractivity contribution in [2.24, 2.45) is 5.92 Å². The van der Waals surface area contributed by atoms with E-state index in [0.29, 0.717) is 0 Å². The van der Waals surface area contributed by atoms with Gasteiger partial charge in [0.25, 0.3) is 5.69 Å². The van der Waals surface area contributed by atoms with E-state index in [1.54, 1.807) is 12.1 Å². The summed E-state index contributed by atoms with van der Waals surface area (Å²) in [5, 5.41) is 25.2. The zero-order chi connectivity index (χ0) is 14.2. The molecular weight excluding hydrogens is 292 g/mol. The number of hydrogen-bond donors (Lipinski definition) is 2. The topological polar surface area (TPSA) is 75.4 Å². The lowest BCUT2D eigenvalue weighted by molar-refractivity contribution is -0.385. The van der Waals surface area contributed by atoms with Crippen molar-refractivity contribution in [1.82, 2.24) is 5.32 Å². The first-order chi connectivity index (χ1) is 9.60. The molecule has 0 radical (unpaired) electrons. The van der Waals surface area contributed by atoms with Gasteiger partial charge in [0.2, 0.25) is 0 Å². The summed E-state index contributed by atoms with van der Waals surface area (Å²) in [6, 6.07) is 6.82. The van der Waals surface area contributed by atoms with Gasteiger partial charge in [-0.2, -0.15) is 0 Å². The minimum atomic E-state index is -0.598. The standard InChI is InChI=1S/C15H20N2O3.ClH/c18-15-7-2-1-6-13(15)14(16-9-8-15)11-4-3-5-12(10-11)17(19)20;/h3-5,10,13-14,16,18H,1-2,6-9H2;1H. The summed E-state index contributed by atoms with van der Waals surface area (Å²) in [5.74, 6) is 0.159. The fourth-order valence-corrected chi connectivity index (χ4v) is 3.81. The predicted molar refractivity (Wildman–Crippen MR) is 82.6 cm³/mol. The van der Waals surface area contributed by atoms with E-state index in [-0.39, 0.29) is 35.0 Å². The smallest absolute Gasteiger partial charge is 0.269 e. The van der Waals surface area contributed by atoms with Crippen molar-refractivity contribution in [1.29, 1.82) is 0 Å². The van der Waals surface area contributed by atoms with Gasteiger partial charge < -0.3 is 10.4 Å². The second-order valence-corrected chi connectivity index (χ2v) is 5.99. The van der Waals surface area contributed by atoms with Crippen molar-refractivity contribution in [2.75, 3.05) is 6.54 Å². The largest absolute Gasteiger partial charge is 0.389 e. The van der Waals surface area contributed by atoms with E-state index in [9.17, 15) is 15.2 Å². The molecule has 3 rings (SSSR count).